The Morgan fingerprint density at radius 2 is 1.82 bits per heavy atom. The molecule has 3 rings (SSSR count). The lowest BCUT2D eigenvalue weighted by Crippen LogP contribution is -2.36. The summed E-state index contributed by atoms with van der Waals surface area (Å²) in [7, 11) is 0. The summed E-state index contributed by atoms with van der Waals surface area (Å²) < 4.78 is 5.77. The summed E-state index contributed by atoms with van der Waals surface area (Å²) in [5, 5.41) is 2.31. The Morgan fingerprint density at radius 1 is 1.09 bits per heavy atom. The Bertz CT molecular complexity index is 1140. The molecule has 174 valence electrons. The summed E-state index contributed by atoms with van der Waals surface area (Å²) in [5.41, 5.74) is 5.65. The third-order valence-corrected chi connectivity index (χ3v) is 6.48. The molecular formula is C26H30N2O4S. The van der Waals surface area contributed by atoms with E-state index in [1.54, 1.807) is 12.1 Å². The molecule has 2 aromatic carbocycles. The zero-order chi connectivity index (χ0) is 24.3. The summed E-state index contributed by atoms with van der Waals surface area (Å²) in [6.07, 6.45) is 1.73. The van der Waals surface area contributed by atoms with Crippen LogP contribution in [-0.4, -0.2) is 35.1 Å². The van der Waals surface area contributed by atoms with Crippen LogP contribution in [-0.2, 0) is 9.59 Å². The van der Waals surface area contributed by atoms with E-state index in [-0.39, 0.29) is 12.5 Å². The zero-order valence-corrected chi connectivity index (χ0v) is 20.8. The second-order valence-electron chi connectivity index (χ2n) is 8.45. The van der Waals surface area contributed by atoms with Crippen LogP contribution in [0.3, 0.4) is 0 Å². The molecule has 1 N–H and O–H groups in total. The number of amides is 3. The Labute approximate surface area is 199 Å². The highest BCUT2D eigenvalue weighted by molar-refractivity contribution is 8.18. The van der Waals surface area contributed by atoms with Gasteiger partial charge in [0, 0.05) is 5.69 Å². The largest absolute Gasteiger partial charge is 0.494 e. The number of benzene rings is 2. The molecule has 1 heterocycles. The second-order valence-corrected chi connectivity index (χ2v) is 9.44. The van der Waals surface area contributed by atoms with Gasteiger partial charge < -0.3 is 10.1 Å². The predicted molar refractivity (Wildman–Crippen MR) is 134 cm³/mol. The molecule has 2 aromatic rings. The van der Waals surface area contributed by atoms with E-state index in [4.69, 9.17) is 4.74 Å². The number of carbonyl (C=O) groups is 3. The van der Waals surface area contributed by atoms with Gasteiger partial charge in [0.1, 0.15) is 12.3 Å². The number of rotatable bonds is 7. The SMILES string of the molecule is CCOc1cc(C)c(/C=C2/SC(=O)N(CC(=O)Nc3ccc(C)c(C)c3)C2=O)cc1C(C)C. The maximum Gasteiger partial charge on any atom is 0.294 e. The monoisotopic (exact) mass is 466 g/mol. The number of thioether (sulfide) groups is 1. The molecule has 33 heavy (non-hydrogen) atoms. The Morgan fingerprint density at radius 3 is 2.45 bits per heavy atom. The number of imide groups is 1. The average Bonchev–Trinajstić information content (AvgIpc) is 3.00. The number of carbonyl (C=O) groups excluding carboxylic acids is 3. The van der Waals surface area contributed by atoms with E-state index >= 15 is 0 Å². The van der Waals surface area contributed by atoms with E-state index in [0.717, 1.165) is 50.2 Å². The van der Waals surface area contributed by atoms with Gasteiger partial charge in [0.05, 0.1) is 11.5 Å². The number of aryl methyl sites for hydroxylation is 3. The summed E-state index contributed by atoms with van der Waals surface area (Å²) in [6.45, 7) is 12.2. The van der Waals surface area contributed by atoms with Gasteiger partial charge in [0.15, 0.2) is 0 Å². The number of hydrogen-bond acceptors (Lipinski definition) is 5. The smallest absolute Gasteiger partial charge is 0.294 e. The fraction of sp³-hybridized carbons (Fsp3) is 0.346. The van der Waals surface area contributed by atoms with Gasteiger partial charge >= 0.3 is 0 Å². The van der Waals surface area contributed by atoms with Gasteiger partial charge in [-0.15, -0.1) is 0 Å². The third kappa shape index (κ3) is 5.66. The summed E-state index contributed by atoms with van der Waals surface area (Å²) in [5.74, 6) is 0.197. The number of ether oxygens (including phenoxy) is 1. The van der Waals surface area contributed by atoms with Crippen molar-refractivity contribution in [3.8, 4) is 5.75 Å². The van der Waals surface area contributed by atoms with Crippen molar-refractivity contribution in [3.05, 3.63) is 63.1 Å². The van der Waals surface area contributed by atoms with Crippen molar-refractivity contribution in [2.45, 2.75) is 47.5 Å². The van der Waals surface area contributed by atoms with E-state index in [1.807, 2.05) is 52.0 Å². The van der Waals surface area contributed by atoms with Crippen LogP contribution in [0.1, 0.15) is 54.5 Å². The predicted octanol–water partition coefficient (Wildman–Crippen LogP) is 5.81. The Kier molecular flexibility index (Phi) is 7.64. The van der Waals surface area contributed by atoms with Crippen molar-refractivity contribution >= 4 is 40.6 Å². The van der Waals surface area contributed by atoms with E-state index in [2.05, 4.69) is 19.2 Å². The molecule has 1 aliphatic rings. The number of nitrogens with one attached hydrogen (secondary N) is 1. The minimum atomic E-state index is -0.459. The molecule has 0 aromatic heterocycles. The molecule has 1 saturated heterocycles. The molecule has 0 bridgehead atoms. The normalized spacial score (nSPS) is 15.0. The summed E-state index contributed by atoms with van der Waals surface area (Å²) >= 11 is 0.854. The zero-order valence-electron chi connectivity index (χ0n) is 19.9. The molecule has 0 spiro atoms. The van der Waals surface area contributed by atoms with Crippen LogP contribution in [0.5, 0.6) is 5.75 Å². The van der Waals surface area contributed by atoms with Crippen molar-refractivity contribution in [2.75, 3.05) is 18.5 Å². The topological polar surface area (TPSA) is 75.7 Å². The first-order chi connectivity index (χ1) is 15.6. The average molecular weight is 467 g/mol. The molecule has 3 amide bonds. The van der Waals surface area contributed by atoms with Gasteiger partial charge in [0.2, 0.25) is 5.91 Å². The van der Waals surface area contributed by atoms with Gasteiger partial charge in [-0.05, 0) is 104 Å². The van der Waals surface area contributed by atoms with Crippen molar-refractivity contribution in [1.82, 2.24) is 4.90 Å². The van der Waals surface area contributed by atoms with Gasteiger partial charge in [-0.1, -0.05) is 19.9 Å². The third-order valence-electron chi connectivity index (χ3n) is 5.57. The standard InChI is InChI=1S/C26H30N2O4S/c1-7-32-22-11-18(6)19(12-21(22)15(2)3)13-23-25(30)28(26(31)33-23)14-24(29)27-20-9-8-16(4)17(5)10-20/h8-13,15H,7,14H2,1-6H3,(H,27,29)/b23-13+. The van der Waals surface area contributed by atoms with E-state index in [1.165, 1.54) is 0 Å². The van der Waals surface area contributed by atoms with Crippen LogP contribution in [0.15, 0.2) is 35.2 Å². The van der Waals surface area contributed by atoms with Gasteiger partial charge in [-0.2, -0.15) is 0 Å². The van der Waals surface area contributed by atoms with Crippen molar-refractivity contribution in [3.63, 3.8) is 0 Å². The molecule has 1 aliphatic heterocycles. The van der Waals surface area contributed by atoms with Crippen LogP contribution < -0.4 is 10.1 Å². The van der Waals surface area contributed by atoms with Crippen LogP contribution in [0.25, 0.3) is 6.08 Å². The minimum absolute atomic E-state index is 0.239. The van der Waals surface area contributed by atoms with Crippen molar-refractivity contribution in [1.29, 1.82) is 0 Å². The lowest BCUT2D eigenvalue weighted by atomic mass is 9.96. The van der Waals surface area contributed by atoms with E-state index < -0.39 is 17.1 Å². The molecule has 0 radical (unpaired) electrons. The first-order valence-corrected chi connectivity index (χ1v) is 11.8. The van der Waals surface area contributed by atoms with Gasteiger partial charge in [0.25, 0.3) is 11.1 Å². The quantitative estimate of drug-likeness (QED) is 0.521. The lowest BCUT2D eigenvalue weighted by Gasteiger charge is -2.16. The van der Waals surface area contributed by atoms with Crippen LogP contribution in [0.2, 0.25) is 0 Å². The molecule has 0 saturated carbocycles. The maximum atomic E-state index is 12.9. The lowest BCUT2D eigenvalue weighted by molar-refractivity contribution is -0.127. The summed E-state index contributed by atoms with van der Waals surface area (Å²) in [4.78, 5) is 39.2. The fourth-order valence-electron chi connectivity index (χ4n) is 3.54. The molecule has 0 unspecified atom stereocenters. The molecule has 0 aliphatic carbocycles. The van der Waals surface area contributed by atoms with E-state index in [9.17, 15) is 14.4 Å². The maximum absolute atomic E-state index is 12.9. The first-order valence-electron chi connectivity index (χ1n) is 11.0. The van der Waals surface area contributed by atoms with Gasteiger partial charge in [-0.25, -0.2) is 0 Å². The Hall–Kier alpha value is -3.06. The second kappa shape index (κ2) is 10.3. The molecule has 6 nitrogen and oxygen atoms in total. The van der Waals surface area contributed by atoms with Crippen molar-refractivity contribution in [2.24, 2.45) is 0 Å². The molecular weight excluding hydrogens is 436 g/mol. The number of anilines is 1. The van der Waals surface area contributed by atoms with Crippen LogP contribution in [0, 0.1) is 20.8 Å². The highest BCUT2D eigenvalue weighted by atomic mass is 32.2. The van der Waals surface area contributed by atoms with Crippen LogP contribution in [0.4, 0.5) is 10.5 Å². The Balaban J connectivity index is 1.78. The molecule has 1 fully saturated rings. The van der Waals surface area contributed by atoms with E-state index in [0.29, 0.717) is 17.2 Å². The number of hydrogen-bond donors (Lipinski definition) is 1. The highest BCUT2D eigenvalue weighted by Gasteiger charge is 2.36. The van der Waals surface area contributed by atoms with Crippen molar-refractivity contribution < 1.29 is 19.1 Å². The van der Waals surface area contributed by atoms with Gasteiger partial charge in [-0.3, -0.25) is 19.3 Å². The first kappa shape index (κ1) is 24.6. The molecule has 0 atom stereocenters. The fourth-order valence-corrected chi connectivity index (χ4v) is 4.37. The number of nitrogens with zero attached hydrogens (tertiary/aromatic N) is 1. The van der Waals surface area contributed by atoms with Crippen LogP contribution >= 0.6 is 11.8 Å². The summed E-state index contributed by atoms with van der Waals surface area (Å²) in [6, 6.07) is 9.55. The molecule has 7 heteroatoms. The highest BCUT2D eigenvalue weighted by Crippen LogP contribution is 2.35. The minimum Gasteiger partial charge on any atom is -0.494 e.